The minimum absolute atomic E-state index is 0. The van der Waals surface area contributed by atoms with Crippen molar-refractivity contribution in [1.82, 2.24) is 16.0 Å². The standard InChI is InChI=1S/C15H30N4O.HI/c1-4-10-17-14(20)9-11-18-15(16-3)19-13-7-5-12(2)6-8-13;/h12-13H,4-11H2,1-3H3,(H,17,20)(H2,16,18,19);1H. The lowest BCUT2D eigenvalue weighted by molar-refractivity contribution is -0.120. The molecule has 0 bridgehead atoms. The fourth-order valence-electron chi connectivity index (χ4n) is 2.44. The highest BCUT2D eigenvalue weighted by molar-refractivity contribution is 14.0. The molecule has 1 saturated carbocycles. The van der Waals surface area contributed by atoms with E-state index in [1.807, 2.05) is 0 Å². The molecule has 124 valence electrons. The second kappa shape index (κ2) is 12.1. The average Bonchev–Trinajstić information content (AvgIpc) is 2.46. The molecule has 1 fully saturated rings. The van der Waals surface area contributed by atoms with Crippen LogP contribution in [0.1, 0.15) is 52.4 Å². The zero-order chi connectivity index (χ0) is 14.8. The molecule has 1 amide bonds. The number of nitrogens with zero attached hydrogens (tertiary/aromatic N) is 1. The Kier molecular flexibility index (Phi) is 11.8. The quantitative estimate of drug-likeness (QED) is 0.358. The summed E-state index contributed by atoms with van der Waals surface area (Å²) >= 11 is 0. The highest BCUT2D eigenvalue weighted by Crippen LogP contribution is 2.23. The number of nitrogens with one attached hydrogen (secondary N) is 3. The maximum absolute atomic E-state index is 11.5. The van der Waals surface area contributed by atoms with Crippen LogP contribution in [0.4, 0.5) is 0 Å². The fourth-order valence-corrected chi connectivity index (χ4v) is 2.44. The van der Waals surface area contributed by atoms with E-state index in [1.165, 1.54) is 25.7 Å². The summed E-state index contributed by atoms with van der Waals surface area (Å²) in [7, 11) is 1.78. The molecule has 0 aromatic heterocycles. The minimum atomic E-state index is 0. The third-order valence-electron chi connectivity index (χ3n) is 3.80. The third kappa shape index (κ3) is 9.16. The molecular weight excluding hydrogens is 379 g/mol. The Morgan fingerprint density at radius 3 is 2.38 bits per heavy atom. The summed E-state index contributed by atoms with van der Waals surface area (Å²) in [5, 5.41) is 9.53. The summed E-state index contributed by atoms with van der Waals surface area (Å²) in [4.78, 5) is 15.7. The first kappa shape index (κ1) is 20.5. The first-order valence-corrected chi connectivity index (χ1v) is 7.89. The van der Waals surface area contributed by atoms with Crippen LogP contribution >= 0.6 is 24.0 Å². The van der Waals surface area contributed by atoms with Crippen LogP contribution in [0.3, 0.4) is 0 Å². The highest BCUT2D eigenvalue weighted by atomic mass is 127. The van der Waals surface area contributed by atoms with Gasteiger partial charge in [0.05, 0.1) is 0 Å². The van der Waals surface area contributed by atoms with E-state index in [0.29, 0.717) is 19.0 Å². The van der Waals surface area contributed by atoms with Crippen LogP contribution in [0.2, 0.25) is 0 Å². The van der Waals surface area contributed by atoms with Crippen molar-refractivity contribution >= 4 is 35.8 Å². The van der Waals surface area contributed by atoms with Crippen LogP contribution in [-0.2, 0) is 4.79 Å². The van der Waals surface area contributed by atoms with Crippen LogP contribution < -0.4 is 16.0 Å². The van der Waals surface area contributed by atoms with Gasteiger partial charge < -0.3 is 16.0 Å². The van der Waals surface area contributed by atoms with E-state index in [4.69, 9.17) is 0 Å². The van der Waals surface area contributed by atoms with Gasteiger partial charge in [0, 0.05) is 32.6 Å². The van der Waals surface area contributed by atoms with Gasteiger partial charge in [-0.15, -0.1) is 24.0 Å². The Balaban J connectivity index is 0.00000400. The van der Waals surface area contributed by atoms with Crippen molar-refractivity contribution in [2.24, 2.45) is 10.9 Å². The molecule has 0 saturated heterocycles. The van der Waals surface area contributed by atoms with Crippen molar-refractivity contribution in [2.75, 3.05) is 20.1 Å². The Morgan fingerprint density at radius 2 is 1.81 bits per heavy atom. The smallest absolute Gasteiger partial charge is 0.221 e. The number of halogens is 1. The molecule has 1 aliphatic carbocycles. The van der Waals surface area contributed by atoms with Crippen LogP contribution in [0, 0.1) is 5.92 Å². The van der Waals surface area contributed by atoms with Gasteiger partial charge in [0.2, 0.25) is 5.91 Å². The van der Waals surface area contributed by atoms with Crippen LogP contribution in [-0.4, -0.2) is 38.0 Å². The van der Waals surface area contributed by atoms with E-state index in [0.717, 1.165) is 24.8 Å². The molecule has 0 radical (unpaired) electrons. The first-order chi connectivity index (χ1) is 9.65. The van der Waals surface area contributed by atoms with Gasteiger partial charge in [-0.25, -0.2) is 0 Å². The van der Waals surface area contributed by atoms with E-state index in [-0.39, 0.29) is 29.9 Å². The van der Waals surface area contributed by atoms with E-state index < -0.39 is 0 Å². The van der Waals surface area contributed by atoms with Crippen molar-refractivity contribution in [1.29, 1.82) is 0 Å². The van der Waals surface area contributed by atoms with Crippen LogP contribution in [0.15, 0.2) is 4.99 Å². The summed E-state index contributed by atoms with van der Waals surface area (Å²) in [6.07, 6.45) is 6.45. The molecule has 21 heavy (non-hydrogen) atoms. The molecular formula is C15H31IN4O. The van der Waals surface area contributed by atoms with Crippen molar-refractivity contribution < 1.29 is 4.79 Å². The van der Waals surface area contributed by atoms with E-state index in [9.17, 15) is 4.79 Å². The SMILES string of the molecule is CCCNC(=O)CCNC(=NC)NC1CCC(C)CC1.I. The average molecular weight is 410 g/mol. The topological polar surface area (TPSA) is 65.5 Å². The lowest BCUT2D eigenvalue weighted by Crippen LogP contribution is -2.45. The predicted molar refractivity (Wildman–Crippen MR) is 99.3 cm³/mol. The molecule has 1 rings (SSSR count). The molecule has 0 spiro atoms. The van der Waals surface area contributed by atoms with Crippen molar-refractivity contribution in [2.45, 2.75) is 58.4 Å². The summed E-state index contributed by atoms with van der Waals surface area (Å²) in [5.41, 5.74) is 0. The van der Waals surface area contributed by atoms with Gasteiger partial charge in [-0.1, -0.05) is 13.8 Å². The second-order valence-corrected chi connectivity index (χ2v) is 5.70. The number of amides is 1. The zero-order valence-corrected chi connectivity index (χ0v) is 15.9. The number of aliphatic imine (C=N–C) groups is 1. The molecule has 0 atom stereocenters. The number of rotatable bonds is 6. The fraction of sp³-hybridized carbons (Fsp3) is 0.867. The summed E-state index contributed by atoms with van der Waals surface area (Å²) in [6.45, 7) is 5.75. The van der Waals surface area contributed by atoms with Gasteiger partial charge in [-0.2, -0.15) is 0 Å². The molecule has 0 heterocycles. The van der Waals surface area contributed by atoms with E-state index in [2.05, 4.69) is 34.8 Å². The Bertz CT molecular complexity index is 315. The molecule has 0 aromatic rings. The number of carbonyl (C=O) groups excluding carboxylic acids is 1. The molecule has 0 aliphatic heterocycles. The lowest BCUT2D eigenvalue weighted by atomic mass is 9.87. The van der Waals surface area contributed by atoms with Crippen LogP contribution in [0.5, 0.6) is 0 Å². The van der Waals surface area contributed by atoms with Crippen molar-refractivity contribution in [3.63, 3.8) is 0 Å². The zero-order valence-electron chi connectivity index (χ0n) is 13.6. The molecule has 0 aromatic carbocycles. The number of carbonyl (C=O) groups is 1. The number of hydrogen-bond donors (Lipinski definition) is 3. The summed E-state index contributed by atoms with van der Waals surface area (Å²) in [5.74, 6) is 1.76. The van der Waals surface area contributed by atoms with Gasteiger partial charge >= 0.3 is 0 Å². The lowest BCUT2D eigenvalue weighted by Gasteiger charge is -2.28. The van der Waals surface area contributed by atoms with Gasteiger partial charge in [0.1, 0.15) is 0 Å². The number of hydrogen-bond acceptors (Lipinski definition) is 2. The van der Waals surface area contributed by atoms with Gasteiger partial charge in [0.15, 0.2) is 5.96 Å². The van der Waals surface area contributed by atoms with Crippen LogP contribution in [0.25, 0.3) is 0 Å². The van der Waals surface area contributed by atoms with Crippen molar-refractivity contribution in [3.8, 4) is 0 Å². The predicted octanol–water partition coefficient (Wildman–Crippen LogP) is 2.26. The Labute approximate surface area is 146 Å². The maximum Gasteiger partial charge on any atom is 0.221 e. The third-order valence-corrected chi connectivity index (χ3v) is 3.80. The molecule has 6 heteroatoms. The normalized spacial score (nSPS) is 22.1. The van der Waals surface area contributed by atoms with Gasteiger partial charge in [0.25, 0.3) is 0 Å². The second-order valence-electron chi connectivity index (χ2n) is 5.70. The molecule has 1 aliphatic rings. The summed E-state index contributed by atoms with van der Waals surface area (Å²) in [6, 6.07) is 0.520. The maximum atomic E-state index is 11.5. The molecule has 0 unspecified atom stereocenters. The Hall–Kier alpha value is -0.530. The Morgan fingerprint density at radius 1 is 1.14 bits per heavy atom. The number of guanidine groups is 1. The van der Waals surface area contributed by atoms with Crippen molar-refractivity contribution in [3.05, 3.63) is 0 Å². The highest BCUT2D eigenvalue weighted by Gasteiger charge is 2.18. The van der Waals surface area contributed by atoms with E-state index in [1.54, 1.807) is 7.05 Å². The van der Waals surface area contributed by atoms with E-state index >= 15 is 0 Å². The molecule has 3 N–H and O–H groups in total. The molecule has 5 nitrogen and oxygen atoms in total. The van der Waals surface area contributed by atoms with Gasteiger partial charge in [-0.05, 0) is 38.0 Å². The largest absolute Gasteiger partial charge is 0.356 e. The monoisotopic (exact) mass is 410 g/mol. The first-order valence-electron chi connectivity index (χ1n) is 7.89. The minimum Gasteiger partial charge on any atom is -0.356 e. The van der Waals surface area contributed by atoms with Gasteiger partial charge in [-0.3, -0.25) is 9.79 Å². The summed E-state index contributed by atoms with van der Waals surface area (Å²) < 4.78 is 0.